The minimum atomic E-state index is -5.59. The van der Waals surface area contributed by atoms with E-state index in [0.717, 1.165) is 44.9 Å². The molecule has 0 amide bonds. The Kier molecular flexibility index (Phi) is 13.6. The first kappa shape index (κ1) is 41.5. The van der Waals surface area contributed by atoms with Gasteiger partial charge in [-0.25, -0.2) is 0 Å². The largest absolute Gasteiger partial charge is 0.453 e. The van der Waals surface area contributed by atoms with E-state index in [1.807, 2.05) is 13.8 Å². The van der Waals surface area contributed by atoms with Gasteiger partial charge in [0, 0.05) is 37.2 Å². The van der Waals surface area contributed by atoms with Crippen LogP contribution in [0.2, 0.25) is 0 Å². The van der Waals surface area contributed by atoms with Crippen LogP contribution >= 0.6 is 0 Å². The second-order valence-corrected chi connectivity index (χ2v) is 17.5. The normalized spacial score (nSPS) is 31.2. The molecule has 0 aromatic carbocycles. The van der Waals surface area contributed by atoms with Crippen LogP contribution in [-0.2, 0) is 14.2 Å². The molecule has 4 aliphatic rings. The second-order valence-electron chi connectivity index (χ2n) is 17.5. The molecule has 0 aromatic heterocycles. The molecule has 6 atom stereocenters. The number of rotatable bonds is 14. The van der Waals surface area contributed by atoms with Gasteiger partial charge in [-0.3, -0.25) is 0 Å². The number of ether oxygens (including phenoxy) is 3. The smallest absolute Gasteiger partial charge is 0.396 e. The molecule has 9 heteroatoms. The highest BCUT2D eigenvalue weighted by Gasteiger charge is 2.59. The number of hydrogen-bond acceptors (Lipinski definition) is 4. The van der Waals surface area contributed by atoms with Crippen molar-refractivity contribution in [2.75, 3.05) is 26.4 Å². The highest BCUT2D eigenvalue weighted by atomic mass is 19.4. The van der Waals surface area contributed by atoms with Gasteiger partial charge < -0.3 is 19.3 Å². The van der Waals surface area contributed by atoms with Gasteiger partial charge in [0.05, 0.1) is 25.9 Å². The summed E-state index contributed by atoms with van der Waals surface area (Å²) >= 11 is 0. The van der Waals surface area contributed by atoms with E-state index < -0.39 is 35.6 Å². The predicted molar refractivity (Wildman–Crippen MR) is 189 cm³/mol. The first-order chi connectivity index (χ1) is 23.3. The van der Waals surface area contributed by atoms with Crippen molar-refractivity contribution < 1.29 is 41.3 Å². The third-order valence-electron chi connectivity index (χ3n) is 12.5. The van der Waals surface area contributed by atoms with Crippen LogP contribution in [0.4, 0.5) is 22.0 Å². The Bertz CT molecular complexity index is 1220. The van der Waals surface area contributed by atoms with Gasteiger partial charge in [0.2, 0.25) is 0 Å². The van der Waals surface area contributed by atoms with Crippen LogP contribution in [0, 0.1) is 40.4 Å². The fourth-order valence-corrected chi connectivity index (χ4v) is 9.21. The molecule has 1 aliphatic heterocycles. The van der Waals surface area contributed by atoms with Crippen molar-refractivity contribution >= 4 is 0 Å². The van der Waals surface area contributed by atoms with Gasteiger partial charge in [-0.05, 0) is 113 Å². The Labute approximate surface area is 298 Å². The summed E-state index contributed by atoms with van der Waals surface area (Å²) in [5.74, 6) is -5.22. The molecule has 3 aliphatic carbocycles. The van der Waals surface area contributed by atoms with Crippen molar-refractivity contribution in [3.63, 3.8) is 0 Å². The van der Waals surface area contributed by atoms with Crippen molar-refractivity contribution in [1.29, 1.82) is 0 Å². The third-order valence-corrected chi connectivity index (χ3v) is 12.5. The lowest BCUT2D eigenvalue weighted by molar-refractivity contribution is -0.312. The van der Waals surface area contributed by atoms with Crippen LogP contribution in [0.5, 0.6) is 0 Å². The maximum Gasteiger partial charge on any atom is 0.453 e. The van der Waals surface area contributed by atoms with E-state index in [-0.39, 0.29) is 42.3 Å². The summed E-state index contributed by atoms with van der Waals surface area (Å²) in [7, 11) is 0. The third kappa shape index (κ3) is 9.62. The van der Waals surface area contributed by atoms with Gasteiger partial charge in [0.25, 0.3) is 0 Å². The highest BCUT2D eigenvalue weighted by Crippen LogP contribution is 2.61. The first-order valence-corrected chi connectivity index (χ1v) is 19.3. The maximum absolute atomic E-state index is 14.4. The van der Waals surface area contributed by atoms with Crippen LogP contribution in [0.25, 0.3) is 0 Å². The average molecular weight is 717 g/mol. The van der Waals surface area contributed by atoms with Crippen LogP contribution in [-0.4, -0.2) is 55.5 Å². The molecule has 1 spiro atoms. The van der Waals surface area contributed by atoms with Crippen LogP contribution in [0.1, 0.15) is 132 Å². The van der Waals surface area contributed by atoms with Crippen molar-refractivity contribution in [2.45, 2.75) is 156 Å². The Morgan fingerprint density at radius 2 is 1.64 bits per heavy atom. The van der Waals surface area contributed by atoms with E-state index in [4.69, 9.17) is 14.2 Å². The van der Waals surface area contributed by atoms with Crippen molar-refractivity contribution in [2.24, 2.45) is 40.4 Å². The summed E-state index contributed by atoms with van der Waals surface area (Å²) in [6.45, 7) is 18.4. The van der Waals surface area contributed by atoms with E-state index in [1.54, 1.807) is 0 Å². The van der Waals surface area contributed by atoms with Crippen LogP contribution < -0.4 is 0 Å². The molecule has 50 heavy (non-hydrogen) atoms. The number of alkyl halides is 5. The van der Waals surface area contributed by atoms with Crippen molar-refractivity contribution in [3.05, 3.63) is 34.4 Å². The van der Waals surface area contributed by atoms with Crippen LogP contribution in [0.15, 0.2) is 34.4 Å². The van der Waals surface area contributed by atoms with E-state index >= 15 is 0 Å². The zero-order valence-corrected chi connectivity index (χ0v) is 32.0. The lowest BCUT2D eigenvalue weighted by Crippen LogP contribution is -2.52. The molecule has 6 unspecified atom stereocenters. The van der Waals surface area contributed by atoms with Gasteiger partial charge in [-0.2, -0.15) is 22.0 Å². The molecule has 0 radical (unpaired) electrons. The molecule has 3 fully saturated rings. The fraction of sp³-hybridized carbons (Fsp3) is 0.854. The van der Waals surface area contributed by atoms with E-state index in [1.165, 1.54) is 22.3 Å². The number of allylic oxidation sites excluding steroid dienone is 5. The molecule has 2 saturated carbocycles. The SMILES string of the molecule is CC=C(CCC(C)C)COC(C)CCC(=CC)C1CC(C)(CO)C(CCC(F)(F)C(F)(F)F)C2CCC3CC4(CCC3=C12)OCC(C)(C)CO4. The topological polar surface area (TPSA) is 47.9 Å². The fourth-order valence-electron chi connectivity index (χ4n) is 9.21. The monoisotopic (exact) mass is 716 g/mol. The summed E-state index contributed by atoms with van der Waals surface area (Å²) in [4.78, 5) is 0. The quantitative estimate of drug-likeness (QED) is 0.144. The average Bonchev–Trinajstić information content (AvgIpc) is 3.05. The number of halogens is 5. The molecule has 4 rings (SSSR count). The van der Waals surface area contributed by atoms with Crippen molar-refractivity contribution in [3.8, 4) is 0 Å². The summed E-state index contributed by atoms with van der Waals surface area (Å²) in [5, 5.41) is 10.9. The predicted octanol–water partition coefficient (Wildman–Crippen LogP) is 11.4. The zero-order chi connectivity index (χ0) is 37.1. The Balaban J connectivity index is 1.61. The van der Waals surface area contributed by atoms with E-state index in [0.29, 0.717) is 45.0 Å². The lowest BCUT2D eigenvalue weighted by Gasteiger charge is -2.56. The Morgan fingerprint density at radius 1 is 0.960 bits per heavy atom. The molecular formula is C41H65F5O4. The van der Waals surface area contributed by atoms with Gasteiger partial charge in [0.15, 0.2) is 5.79 Å². The van der Waals surface area contributed by atoms with Gasteiger partial charge >= 0.3 is 12.1 Å². The lowest BCUT2D eigenvalue weighted by atomic mass is 9.50. The summed E-state index contributed by atoms with van der Waals surface area (Å²) < 4.78 is 88.0. The zero-order valence-electron chi connectivity index (χ0n) is 32.0. The first-order valence-electron chi connectivity index (χ1n) is 19.3. The second kappa shape index (κ2) is 16.4. The maximum atomic E-state index is 14.4. The highest BCUT2D eigenvalue weighted by molar-refractivity contribution is 5.36. The van der Waals surface area contributed by atoms with E-state index in [9.17, 15) is 27.1 Å². The molecule has 1 N–H and O–H groups in total. The molecule has 1 saturated heterocycles. The molecule has 0 bridgehead atoms. The molecule has 1 heterocycles. The van der Waals surface area contributed by atoms with E-state index in [2.05, 4.69) is 53.7 Å². The van der Waals surface area contributed by atoms with Crippen LogP contribution in [0.3, 0.4) is 0 Å². The minimum Gasteiger partial charge on any atom is -0.396 e. The number of aliphatic hydroxyl groups is 1. The molecule has 0 aromatic rings. The number of aliphatic hydroxyl groups excluding tert-OH is 1. The summed E-state index contributed by atoms with van der Waals surface area (Å²) in [6.07, 6.45) is 5.16. The molecule has 288 valence electrons. The Hall–Kier alpha value is -1.29. The number of fused-ring (bicyclic) bond motifs is 2. The Morgan fingerprint density at radius 3 is 2.22 bits per heavy atom. The summed E-state index contributed by atoms with van der Waals surface area (Å²) in [5.41, 5.74) is 4.26. The van der Waals surface area contributed by atoms with Gasteiger partial charge in [-0.15, -0.1) is 0 Å². The molecular weight excluding hydrogens is 651 g/mol. The van der Waals surface area contributed by atoms with Crippen molar-refractivity contribution in [1.82, 2.24) is 0 Å². The minimum absolute atomic E-state index is 0.00940. The van der Waals surface area contributed by atoms with Gasteiger partial charge in [-0.1, -0.05) is 63.5 Å². The van der Waals surface area contributed by atoms with Gasteiger partial charge in [0.1, 0.15) is 0 Å². The summed E-state index contributed by atoms with van der Waals surface area (Å²) in [6, 6.07) is 0. The standard InChI is InChI=1S/C41H65F5O4/c1-9-29(13-11-27(3)4)23-48-28(5)12-14-30(10-2)34-22-38(8,24-47)35(18-20-40(42,43)41(44,45)46)33-16-15-31-21-39(19-17-32(31)36(33)34)49-25-37(6,7)26-50-39/h9-10,27-28,31,33-35,47H,11-26H2,1-8H3. The molecule has 4 nitrogen and oxygen atoms in total. The number of hydrogen-bond donors (Lipinski definition) is 1.